The molecule has 0 radical (unpaired) electrons. The van der Waals surface area contributed by atoms with Crippen LogP contribution in [-0.4, -0.2) is 23.3 Å². The molecule has 2 aliphatic rings. The molecule has 1 saturated heterocycles. The van der Waals surface area contributed by atoms with Crippen LogP contribution < -0.4 is 5.46 Å². The minimum atomic E-state index is -0.303. The van der Waals surface area contributed by atoms with Gasteiger partial charge in [0.15, 0.2) is 0 Å². The molecule has 1 aromatic rings. The first kappa shape index (κ1) is 14.1. The van der Waals surface area contributed by atoms with Crippen molar-refractivity contribution < 1.29 is 9.31 Å². The van der Waals surface area contributed by atoms with Crippen LogP contribution in [-0.2, 0) is 9.31 Å². The van der Waals surface area contributed by atoms with E-state index in [1.165, 1.54) is 30.5 Å². The second-order valence-electron chi connectivity index (χ2n) is 7.18. The molecule has 3 nitrogen and oxygen atoms in total. The number of aryl methyl sites for hydroxylation is 1. The Hall–Kier alpha value is -0.865. The summed E-state index contributed by atoms with van der Waals surface area (Å²) in [5.41, 5.74) is 2.93. The van der Waals surface area contributed by atoms with Crippen LogP contribution in [0.1, 0.15) is 64.1 Å². The first-order chi connectivity index (χ1) is 9.30. The van der Waals surface area contributed by atoms with Crippen LogP contribution in [0.3, 0.4) is 0 Å². The van der Waals surface area contributed by atoms with Crippen LogP contribution in [0.4, 0.5) is 0 Å². The van der Waals surface area contributed by atoms with Gasteiger partial charge in [-0.1, -0.05) is 6.42 Å². The van der Waals surface area contributed by atoms with Gasteiger partial charge in [-0.2, -0.15) is 0 Å². The third-order valence-electron chi connectivity index (χ3n) is 5.20. The van der Waals surface area contributed by atoms with E-state index < -0.39 is 0 Å². The molecule has 1 aliphatic carbocycles. The van der Waals surface area contributed by atoms with Gasteiger partial charge in [0.1, 0.15) is 0 Å². The molecule has 1 aromatic heterocycles. The summed E-state index contributed by atoms with van der Waals surface area (Å²) in [6.07, 6.45) is 5.85. The lowest BCUT2D eigenvalue weighted by Crippen LogP contribution is -2.41. The van der Waals surface area contributed by atoms with Crippen molar-refractivity contribution in [1.82, 2.24) is 4.98 Å². The summed E-state index contributed by atoms with van der Waals surface area (Å²) in [6.45, 7) is 10.5. The highest BCUT2D eigenvalue weighted by Crippen LogP contribution is 2.37. The van der Waals surface area contributed by atoms with Gasteiger partial charge >= 0.3 is 7.12 Å². The average molecular weight is 273 g/mol. The van der Waals surface area contributed by atoms with Gasteiger partial charge in [0.05, 0.1) is 11.2 Å². The van der Waals surface area contributed by atoms with Crippen molar-refractivity contribution in [3.8, 4) is 0 Å². The Kier molecular flexibility index (Phi) is 3.22. The number of hydrogen-bond donors (Lipinski definition) is 0. The van der Waals surface area contributed by atoms with Crippen molar-refractivity contribution in [3.63, 3.8) is 0 Å². The van der Waals surface area contributed by atoms with E-state index in [0.29, 0.717) is 5.92 Å². The van der Waals surface area contributed by atoms with Crippen molar-refractivity contribution in [3.05, 3.63) is 23.5 Å². The molecule has 20 heavy (non-hydrogen) atoms. The summed E-state index contributed by atoms with van der Waals surface area (Å²) in [4.78, 5) is 4.64. The zero-order chi connectivity index (χ0) is 14.5. The molecule has 0 atom stereocenters. The molecule has 1 aliphatic heterocycles. The van der Waals surface area contributed by atoms with Gasteiger partial charge in [0.25, 0.3) is 0 Å². The molecule has 2 fully saturated rings. The lowest BCUT2D eigenvalue weighted by atomic mass is 9.76. The van der Waals surface area contributed by atoms with E-state index in [4.69, 9.17) is 9.31 Å². The summed E-state index contributed by atoms with van der Waals surface area (Å²) in [7, 11) is -0.303. The normalized spacial score (nSPS) is 24.8. The minimum Gasteiger partial charge on any atom is -0.399 e. The third kappa shape index (κ3) is 2.19. The fraction of sp³-hybridized carbons (Fsp3) is 0.688. The summed E-state index contributed by atoms with van der Waals surface area (Å²) in [5, 5.41) is 0. The maximum Gasteiger partial charge on any atom is 0.496 e. The highest BCUT2D eigenvalue weighted by atomic mass is 16.7. The predicted octanol–water partition coefficient (Wildman–Crippen LogP) is 2.96. The Morgan fingerprint density at radius 3 is 2.20 bits per heavy atom. The van der Waals surface area contributed by atoms with Crippen LogP contribution in [0.15, 0.2) is 12.3 Å². The summed E-state index contributed by atoms with van der Waals surface area (Å²) < 4.78 is 12.2. The third-order valence-corrected chi connectivity index (χ3v) is 5.20. The van der Waals surface area contributed by atoms with E-state index >= 15 is 0 Å². The summed E-state index contributed by atoms with van der Waals surface area (Å²) >= 11 is 0. The summed E-state index contributed by atoms with van der Waals surface area (Å²) in [5.74, 6) is 0.668. The van der Waals surface area contributed by atoms with Crippen LogP contribution in [0, 0.1) is 6.92 Å². The van der Waals surface area contributed by atoms with E-state index in [9.17, 15) is 0 Å². The molecule has 108 valence electrons. The topological polar surface area (TPSA) is 31.4 Å². The van der Waals surface area contributed by atoms with Crippen LogP contribution >= 0.6 is 0 Å². The van der Waals surface area contributed by atoms with Crippen LogP contribution in [0.2, 0.25) is 0 Å². The second kappa shape index (κ2) is 4.57. The number of rotatable bonds is 2. The largest absolute Gasteiger partial charge is 0.496 e. The molecule has 2 heterocycles. The lowest BCUT2D eigenvalue weighted by molar-refractivity contribution is 0.00578. The monoisotopic (exact) mass is 273 g/mol. The maximum atomic E-state index is 6.11. The Morgan fingerprint density at radius 1 is 1.15 bits per heavy atom. The molecule has 1 saturated carbocycles. The van der Waals surface area contributed by atoms with Crippen molar-refractivity contribution in [1.29, 1.82) is 0 Å². The molecular formula is C16H24BNO2. The number of aromatic nitrogens is 1. The highest BCUT2D eigenvalue weighted by Gasteiger charge is 2.52. The Bertz CT molecular complexity index is 507. The van der Waals surface area contributed by atoms with E-state index in [1.807, 2.05) is 6.20 Å². The van der Waals surface area contributed by atoms with E-state index in [1.54, 1.807) is 0 Å². The Morgan fingerprint density at radius 2 is 1.75 bits per heavy atom. The van der Waals surface area contributed by atoms with Gasteiger partial charge in [0, 0.05) is 23.3 Å². The van der Waals surface area contributed by atoms with Crippen molar-refractivity contribution in [2.24, 2.45) is 0 Å². The molecule has 0 aromatic carbocycles. The zero-order valence-electron chi connectivity index (χ0n) is 13.2. The second-order valence-corrected chi connectivity index (χ2v) is 7.18. The standard InChI is InChI=1S/C16H24BNO2/c1-11-9-14(12-7-6-8-12)18-10-13(11)17-19-15(2,3)16(4,5)20-17/h9-10,12H,6-8H2,1-5H3. The quantitative estimate of drug-likeness (QED) is 0.776. The lowest BCUT2D eigenvalue weighted by Gasteiger charge is -2.32. The molecule has 0 amide bonds. The van der Waals surface area contributed by atoms with Gasteiger partial charge < -0.3 is 9.31 Å². The molecular weight excluding hydrogens is 249 g/mol. The fourth-order valence-electron chi connectivity index (χ4n) is 2.73. The van der Waals surface area contributed by atoms with Gasteiger partial charge in [0.2, 0.25) is 0 Å². The number of nitrogens with zero attached hydrogens (tertiary/aromatic N) is 1. The molecule has 0 spiro atoms. The molecule has 3 rings (SSSR count). The molecule has 0 unspecified atom stereocenters. The van der Waals surface area contributed by atoms with Gasteiger partial charge in [-0.15, -0.1) is 0 Å². The smallest absolute Gasteiger partial charge is 0.399 e. The van der Waals surface area contributed by atoms with Crippen LogP contribution in [0.5, 0.6) is 0 Å². The van der Waals surface area contributed by atoms with Crippen molar-refractivity contribution >= 4 is 12.6 Å². The molecule has 0 bridgehead atoms. The van der Waals surface area contributed by atoms with E-state index in [0.717, 1.165) is 5.46 Å². The fourth-order valence-corrected chi connectivity index (χ4v) is 2.73. The van der Waals surface area contributed by atoms with Gasteiger partial charge in [-0.3, -0.25) is 4.98 Å². The SMILES string of the molecule is Cc1cc(C2CCC2)ncc1B1OC(C)(C)C(C)(C)O1. The van der Waals surface area contributed by atoms with Gasteiger partial charge in [-0.25, -0.2) is 0 Å². The van der Waals surface area contributed by atoms with Gasteiger partial charge in [-0.05, 0) is 59.1 Å². The van der Waals surface area contributed by atoms with E-state index in [2.05, 4.69) is 45.7 Å². The maximum absolute atomic E-state index is 6.11. The van der Waals surface area contributed by atoms with Crippen molar-refractivity contribution in [2.75, 3.05) is 0 Å². The molecule has 4 heteroatoms. The predicted molar refractivity (Wildman–Crippen MR) is 81.3 cm³/mol. The average Bonchev–Trinajstić information content (AvgIpc) is 2.45. The first-order valence-corrected chi connectivity index (χ1v) is 7.62. The molecule has 0 N–H and O–H groups in total. The zero-order valence-corrected chi connectivity index (χ0v) is 13.2. The number of hydrogen-bond acceptors (Lipinski definition) is 3. The van der Waals surface area contributed by atoms with E-state index in [-0.39, 0.29) is 18.3 Å². The summed E-state index contributed by atoms with van der Waals surface area (Å²) in [6, 6.07) is 2.21. The minimum absolute atomic E-state index is 0.295. The van der Waals surface area contributed by atoms with Crippen LogP contribution in [0.25, 0.3) is 0 Å². The number of pyridine rings is 1. The van der Waals surface area contributed by atoms with Crippen molar-refractivity contribution in [2.45, 2.75) is 71.0 Å². The Balaban J connectivity index is 1.85. The first-order valence-electron chi connectivity index (χ1n) is 7.62. The highest BCUT2D eigenvalue weighted by molar-refractivity contribution is 6.62. The Labute approximate surface area is 122 Å².